The summed E-state index contributed by atoms with van der Waals surface area (Å²) >= 11 is 0. The van der Waals surface area contributed by atoms with E-state index in [0.29, 0.717) is 5.69 Å². The predicted molar refractivity (Wildman–Crippen MR) is 111 cm³/mol. The molecule has 1 aliphatic heterocycles. The van der Waals surface area contributed by atoms with Crippen LogP contribution in [0.15, 0.2) is 54.9 Å². The summed E-state index contributed by atoms with van der Waals surface area (Å²) in [5, 5.41) is 5.50. The van der Waals surface area contributed by atoms with Crippen LogP contribution in [-0.4, -0.2) is 44.2 Å². The average Bonchev–Trinajstić information content (AvgIpc) is 3.47. The van der Waals surface area contributed by atoms with Gasteiger partial charge in [-0.2, -0.15) is 0 Å². The number of imidazole rings is 1. The van der Waals surface area contributed by atoms with Crippen molar-refractivity contribution in [1.82, 2.24) is 19.6 Å². The Balaban J connectivity index is 1.25. The van der Waals surface area contributed by atoms with Crippen LogP contribution in [0.5, 0.6) is 0 Å². The van der Waals surface area contributed by atoms with E-state index in [1.807, 2.05) is 47.1 Å². The number of carbonyl (C=O) groups excluding carboxylic acids is 3. The molecule has 8 nitrogen and oxygen atoms in total. The summed E-state index contributed by atoms with van der Waals surface area (Å²) in [4.78, 5) is 42.8. The number of rotatable bonds is 5. The molecule has 1 saturated carbocycles. The molecule has 1 unspecified atom stereocenters. The van der Waals surface area contributed by atoms with Gasteiger partial charge in [-0.1, -0.05) is 18.2 Å². The standard InChI is InChI=1S/C22H21N5O3/c1-22(15-7-8-15)20(29)27(21(30)25-22)13-19(28)23-16-9-5-14(6-10-16)17-12-26-11-3-2-4-18(26)24-17/h2-6,9-12,15H,7-8,13H2,1H3,(H,23,28)(H,25,30). The Morgan fingerprint density at radius 1 is 1.20 bits per heavy atom. The Morgan fingerprint density at radius 3 is 2.67 bits per heavy atom. The zero-order valence-corrected chi connectivity index (χ0v) is 16.5. The van der Waals surface area contributed by atoms with E-state index in [4.69, 9.17) is 0 Å². The lowest BCUT2D eigenvalue weighted by atomic mass is 9.96. The largest absolute Gasteiger partial charge is 0.325 e. The van der Waals surface area contributed by atoms with Gasteiger partial charge in [0.2, 0.25) is 5.91 Å². The van der Waals surface area contributed by atoms with E-state index < -0.39 is 17.5 Å². The number of anilines is 1. The fourth-order valence-corrected chi connectivity index (χ4v) is 3.94. The minimum atomic E-state index is -0.882. The van der Waals surface area contributed by atoms with Gasteiger partial charge in [0.25, 0.3) is 5.91 Å². The molecular weight excluding hydrogens is 382 g/mol. The maximum atomic E-state index is 12.6. The molecule has 0 spiro atoms. The van der Waals surface area contributed by atoms with E-state index >= 15 is 0 Å². The lowest BCUT2D eigenvalue weighted by Gasteiger charge is -2.20. The van der Waals surface area contributed by atoms with Gasteiger partial charge in [-0.3, -0.25) is 14.5 Å². The number of nitrogens with one attached hydrogen (secondary N) is 2. The van der Waals surface area contributed by atoms with Crippen molar-refractivity contribution in [2.45, 2.75) is 25.3 Å². The van der Waals surface area contributed by atoms with E-state index in [1.165, 1.54) is 0 Å². The highest BCUT2D eigenvalue weighted by molar-refractivity contribution is 6.10. The number of benzene rings is 1. The van der Waals surface area contributed by atoms with Gasteiger partial charge in [-0.05, 0) is 49.9 Å². The third kappa shape index (κ3) is 3.10. The van der Waals surface area contributed by atoms with Gasteiger partial charge in [-0.25, -0.2) is 9.78 Å². The van der Waals surface area contributed by atoms with Crippen LogP contribution in [0.25, 0.3) is 16.9 Å². The number of carbonyl (C=O) groups is 3. The minimum Gasteiger partial charge on any atom is -0.325 e. The number of nitrogens with zero attached hydrogens (tertiary/aromatic N) is 3. The Morgan fingerprint density at radius 2 is 1.97 bits per heavy atom. The molecule has 1 aliphatic carbocycles. The lowest BCUT2D eigenvalue weighted by Crippen LogP contribution is -2.46. The smallest absolute Gasteiger partial charge is 0.325 e. The Kier molecular flexibility index (Phi) is 4.09. The second-order valence-corrected chi connectivity index (χ2v) is 8.02. The van der Waals surface area contributed by atoms with Crippen molar-refractivity contribution >= 4 is 29.2 Å². The van der Waals surface area contributed by atoms with Crippen molar-refractivity contribution in [2.24, 2.45) is 5.92 Å². The Bertz CT molecular complexity index is 1130. The first-order valence-electron chi connectivity index (χ1n) is 9.92. The second-order valence-electron chi connectivity index (χ2n) is 8.02. The van der Waals surface area contributed by atoms with Crippen LogP contribution in [0, 0.1) is 5.92 Å². The van der Waals surface area contributed by atoms with E-state index in [9.17, 15) is 14.4 Å². The molecule has 8 heteroatoms. The number of amides is 4. The molecule has 5 rings (SSSR count). The molecule has 1 saturated heterocycles. The van der Waals surface area contributed by atoms with Crippen LogP contribution in [0.4, 0.5) is 10.5 Å². The van der Waals surface area contributed by atoms with E-state index in [1.54, 1.807) is 19.1 Å². The van der Waals surface area contributed by atoms with Crippen molar-refractivity contribution in [3.63, 3.8) is 0 Å². The van der Waals surface area contributed by atoms with Crippen LogP contribution in [0.3, 0.4) is 0 Å². The molecule has 2 N–H and O–H groups in total. The van der Waals surface area contributed by atoms with Gasteiger partial charge in [0.05, 0.1) is 5.69 Å². The summed E-state index contributed by atoms with van der Waals surface area (Å²) in [6.45, 7) is 1.43. The fourth-order valence-electron chi connectivity index (χ4n) is 3.94. The van der Waals surface area contributed by atoms with Crippen LogP contribution >= 0.6 is 0 Å². The van der Waals surface area contributed by atoms with Crippen LogP contribution < -0.4 is 10.6 Å². The van der Waals surface area contributed by atoms with Gasteiger partial charge >= 0.3 is 6.03 Å². The fraction of sp³-hybridized carbons (Fsp3) is 0.273. The number of pyridine rings is 1. The summed E-state index contributed by atoms with van der Waals surface area (Å²) in [7, 11) is 0. The van der Waals surface area contributed by atoms with E-state index in [0.717, 1.165) is 34.6 Å². The average molecular weight is 403 g/mol. The molecule has 152 valence electrons. The zero-order chi connectivity index (χ0) is 20.9. The molecule has 2 aliphatic rings. The maximum Gasteiger partial charge on any atom is 0.325 e. The third-order valence-electron chi connectivity index (χ3n) is 5.83. The highest BCUT2D eigenvalue weighted by atomic mass is 16.2. The van der Waals surface area contributed by atoms with Gasteiger partial charge < -0.3 is 15.0 Å². The number of fused-ring (bicyclic) bond motifs is 1. The topological polar surface area (TPSA) is 95.8 Å². The lowest BCUT2D eigenvalue weighted by molar-refractivity contribution is -0.134. The molecule has 2 aromatic heterocycles. The molecule has 2 fully saturated rings. The summed E-state index contributed by atoms with van der Waals surface area (Å²) in [5.41, 5.74) is 2.32. The summed E-state index contributed by atoms with van der Waals surface area (Å²) < 4.78 is 1.94. The second kappa shape index (κ2) is 6.69. The highest BCUT2D eigenvalue weighted by Crippen LogP contribution is 2.42. The van der Waals surface area contributed by atoms with Crippen LogP contribution in [-0.2, 0) is 9.59 Å². The van der Waals surface area contributed by atoms with Crippen molar-refractivity contribution in [3.05, 3.63) is 54.9 Å². The third-order valence-corrected chi connectivity index (χ3v) is 5.83. The number of aromatic nitrogens is 2. The van der Waals surface area contributed by atoms with E-state index in [-0.39, 0.29) is 18.4 Å². The molecule has 30 heavy (non-hydrogen) atoms. The molecule has 1 aromatic carbocycles. The molecule has 0 bridgehead atoms. The first kappa shape index (κ1) is 18.4. The van der Waals surface area contributed by atoms with Gasteiger partial charge in [-0.15, -0.1) is 0 Å². The zero-order valence-electron chi connectivity index (χ0n) is 16.5. The van der Waals surface area contributed by atoms with E-state index in [2.05, 4.69) is 15.6 Å². The molecule has 0 radical (unpaired) electrons. The molecule has 3 heterocycles. The first-order chi connectivity index (χ1) is 14.4. The number of hydrogen-bond donors (Lipinski definition) is 2. The van der Waals surface area contributed by atoms with Gasteiger partial charge in [0.1, 0.15) is 17.7 Å². The normalized spacial score (nSPS) is 21.2. The van der Waals surface area contributed by atoms with Crippen LogP contribution in [0.1, 0.15) is 19.8 Å². The molecule has 1 atom stereocenters. The first-order valence-corrected chi connectivity index (χ1v) is 9.92. The molecule has 4 amide bonds. The number of imide groups is 1. The van der Waals surface area contributed by atoms with Crippen molar-refractivity contribution in [3.8, 4) is 11.3 Å². The Hall–Kier alpha value is -3.68. The van der Waals surface area contributed by atoms with Crippen molar-refractivity contribution < 1.29 is 14.4 Å². The van der Waals surface area contributed by atoms with Crippen molar-refractivity contribution in [2.75, 3.05) is 11.9 Å². The monoisotopic (exact) mass is 403 g/mol. The quantitative estimate of drug-likeness (QED) is 0.640. The van der Waals surface area contributed by atoms with Gasteiger partial charge in [0.15, 0.2) is 0 Å². The molecular formula is C22H21N5O3. The Labute approximate surface area is 172 Å². The molecule has 3 aromatic rings. The predicted octanol–water partition coefficient (Wildman–Crippen LogP) is 2.66. The maximum absolute atomic E-state index is 12.6. The number of urea groups is 1. The number of hydrogen-bond acceptors (Lipinski definition) is 4. The summed E-state index contributed by atoms with van der Waals surface area (Å²) in [6.07, 6.45) is 5.71. The van der Waals surface area contributed by atoms with Crippen molar-refractivity contribution in [1.29, 1.82) is 0 Å². The summed E-state index contributed by atoms with van der Waals surface area (Å²) in [5.74, 6) is -0.583. The van der Waals surface area contributed by atoms with Gasteiger partial charge in [0, 0.05) is 23.6 Å². The van der Waals surface area contributed by atoms with Crippen LogP contribution in [0.2, 0.25) is 0 Å². The highest BCUT2D eigenvalue weighted by Gasteiger charge is 2.56. The minimum absolute atomic E-state index is 0.161. The summed E-state index contributed by atoms with van der Waals surface area (Å²) in [6, 6.07) is 12.6. The SMILES string of the molecule is CC1(C2CC2)NC(=O)N(CC(=O)Nc2ccc(-c3cn4ccccc4n3)cc2)C1=O.